The molecule has 0 aromatic rings. The summed E-state index contributed by atoms with van der Waals surface area (Å²) in [5, 5.41) is 0. The third kappa shape index (κ3) is 2.39. The number of carbonyl (C=O) groups is 2. The van der Waals surface area contributed by atoms with Gasteiger partial charge in [-0.25, -0.2) is 0 Å². The van der Waals surface area contributed by atoms with Gasteiger partial charge in [-0.05, 0) is 19.8 Å². The van der Waals surface area contributed by atoms with E-state index in [0.717, 1.165) is 19.4 Å². The first-order valence-electron chi connectivity index (χ1n) is 5.70. The van der Waals surface area contributed by atoms with E-state index in [4.69, 9.17) is 0 Å². The number of ketones is 1. The van der Waals surface area contributed by atoms with Gasteiger partial charge in [-0.3, -0.25) is 9.59 Å². The Hall–Kier alpha value is -0.860. The van der Waals surface area contributed by atoms with Crippen molar-refractivity contribution in [1.82, 2.24) is 4.90 Å². The fraction of sp³-hybridized carbons (Fsp3) is 0.833. The number of carbonyl (C=O) groups excluding carboxylic acids is 2. The Labute approximate surface area is 91.8 Å². The highest BCUT2D eigenvalue weighted by Crippen LogP contribution is 2.31. The van der Waals surface area contributed by atoms with Crippen LogP contribution < -0.4 is 0 Å². The molecular weight excluding hydrogens is 190 g/mol. The van der Waals surface area contributed by atoms with Crippen LogP contribution >= 0.6 is 0 Å². The van der Waals surface area contributed by atoms with Crippen LogP contribution in [-0.2, 0) is 9.59 Å². The zero-order chi connectivity index (χ0) is 11.6. The van der Waals surface area contributed by atoms with Gasteiger partial charge in [0.25, 0.3) is 0 Å². The summed E-state index contributed by atoms with van der Waals surface area (Å²) in [7, 11) is 0. The first-order valence-corrected chi connectivity index (χ1v) is 5.70. The Bertz CT molecular complexity index is 275. The summed E-state index contributed by atoms with van der Waals surface area (Å²) in [6.07, 6.45) is 1.68. The van der Waals surface area contributed by atoms with Crippen molar-refractivity contribution in [2.75, 3.05) is 13.1 Å². The molecule has 3 heteroatoms. The number of hydrogen-bond acceptors (Lipinski definition) is 2. The molecule has 2 unspecified atom stereocenters. The highest BCUT2D eigenvalue weighted by molar-refractivity contribution is 5.85. The molecule has 15 heavy (non-hydrogen) atoms. The minimum absolute atomic E-state index is 0.0827. The summed E-state index contributed by atoms with van der Waals surface area (Å²) in [6, 6.07) is 0. The summed E-state index contributed by atoms with van der Waals surface area (Å²) in [5.41, 5.74) is -0.302. The maximum absolute atomic E-state index is 11.9. The van der Waals surface area contributed by atoms with Crippen molar-refractivity contribution < 1.29 is 9.59 Å². The van der Waals surface area contributed by atoms with Gasteiger partial charge >= 0.3 is 0 Å². The molecule has 0 aromatic heterocycles. The topological polar surface area (TPSA) is 37.4 Å². The molecule has 86 valence electrons. The zero-order valence-electron chi connectivity index (χ0n) is 10.2. The van der Waals surface area contributed by atoms with E-state index >= 15 is 0 Å². The molecule has 0 N–H and O–H groups in total. The van der Waals surface area contributed by atoms with E-state index in [9.17, 15) is 9.59 Å². The summed E-state index contributed by atoms with van der Waals surface area (Å²) in [6.45, 7) is 8.88. The summed E-state index contributed by atoms with van der Waals surface area (Å²) in [5.74, 6) is 0.476. The lowest BCUT2D eigenvalue weighted by atomic mass is 9.86. The third-order valence-corrected chi connectivity index (χ3v) is 3.67. The van der Waals surface area contributed by atoms with Crippen LogP contribution in [0.5, 0.6) is 0 Å². The molecule has 0 spiro atoms. The van der Waals surface area contributed by atoms with Crippen molar-refractivity contribution in [3.63, 3.8) is 0 Å². The Kier molecular flexibility index (Phi) is 3.53. The standard InChI is InChI=1S/C12H21NO2/c1-5-9(2)11(15)13-7-6-12(4,8-13)10(3)14/h9H,5-8H2,1-4H3. The number of rotatable bonds is 3. The molecule has 1 aliphatic heterocycles. The fourth-order valence-corrected chi connectivity index (χ4v) is 1.92. The molecule has 3 nitrogen and oxygen atoms in total. The highest BCUT2D eigenvalue weighted by Gasteiger charge is 2.40. The molecule has 0 bridgehead atoms. The first kappa shape index (κ1) is 12.2. The smallest absolute Gasteiger partial charge is 0.225 e. The van der Waals surface area contributed by atoms with Gasteiger partial charge in [0.05, 0.1) is 0 Å². The molecule has 0 aromatic carbocycles. The maximum atomic E-state index is 11.9. The lowest BCUT2D eigenvalue weighted by molar-refractivity contribution is -0.135. The lowest BCUT2D eigenvalue weighted by Crippen LogP contribution is -2.36. The highest BCUT2D eigenvalue weighted by atomic mass is 16.2. The van der Waals surface area contributed by atoms with Gasteiger partial charge < -0.3 is 4.90 Å². The summed E-state index contributed by atoms with van der Waals surface area (Å²) < 4.78 is 0. The maximum Gasteiger partial charge on any atom is 0.225 e. The molecule has 0 radical (unpaired) electrons. The van der Waals surface area contributed by atoms with Gasteiger partial charge in [-0.15, -0.1) is 0 Å². The van der Waals surface area contributed by atoms with Crippen LogP contribution in [0.1, 0.15) is 40.5 Å². The number of nitrogens with zero attached hydrogens (tertiary/aromatic N) is 1. The number of Topliss-reactive ketones (excluding diaryl/α,β-unsaturated/α-hetero) is 1. The van der Waals surface area contributed by atoms with Crippen molar-refractivity contribution in [1.29, 1.82) is 0 Å². The van der Waals surface area contributed by atoms with Crippen LogP contribution in [0.25, 0.3) is 0 Å². The van der Waals surface area contributed by atoms with Crippen LogP contribution in [-0.4, -0.2) is 29.7 Å². The minimum Gasteiger partial charge on any atom is -0.341 e. The van der Waals surface area contributed by atoms with E-state index in [2.05, 4.69) is 0 Å². The van der Waals surface area contributed by atoms with E-state index < -0.39 is 0 Å². The third-order valence-electron chi connectivity index (χ3n) is 3.67. The molecule has 1 heterocycles. The molecule has 0 aliphatic carbocycles. The molecule has 2 atom stereocenters. The van der Waals surface area contributed by atoms with Crippen molar-refractivity contribution in [3.05, 3.63) is 0 Å². The predicted molar refractivity (Wildman–Crippen MR) is 59.4 cm³/mol. The Morgan fingerprint density at radius 1 is 1.47 bits per heavy atom. The first-order chi connectivity index (χ1) is 6.90. The van der Waals surface area contributed by atoms with Gasteiger partial charge in [0.1, 0.15) is 5.78 Å². The van der Waals surface area contributed by atoms with Gasteiger partial charge in [-0.2, -0.15) is 0 Å². The Morgan fingerprint density at radius 3 is 2.47 bits per heavy atom. The summed E-state index contributed by atoms with van der Waals surface area (Å²) in [4.78, 5) is 25.2. The van der Waals surface area contributed by atoms with Gasteiger partial charge in [0, 0.05) is 24.4 Å². The number of hydrogen-bond donors (Lipinski definition) is 0. The molecule has 1 rings (SSSR count). The molecular formula is C12H21NO2. The fourth-order valence-electron chi connectivity index (χ4n) is 1.92. The quantitative estimate of drug-likeness (QED) is 0.714. The normalized spacial score (nSPS) is 27.9. The SMILES string of the molecule is CCC(C)C(=O)N1CCC(C)(C(C)=O)C1. The van der Waals surface area contributed by atoms with E-state index in [1.165, 1.54) is 0 Å². The predicted octanol–water partition coefficient (Wildman–Crippen LogP) is 1.86. The van der Waals surface area contributed by atoms with Gasteiger partial charge in [0.15, 0.2) is 0 Å². The second kappa shape index (κ2) is 4.33. The molecule has 1 saturated heterocycles. The largest absolute Gasteiger partial charge is 0.341 e. The molecule has 1 amide bonds. The van der Waals surface area contributed by atoms with Crippen LogP contribution in [0.4, 0.5) is 0 Å². The van der Waals surface area contributed by atoms with Crippen LogP contribution in [0, 0.1) is 11.3 Å². The summed E-state index contributed by atoms with van der Waals surface area (Å²) >= 11 is 0. The molecule has 1 aliphatic rings. The molecule has 1 fully saturated rings. The van der Waals surface area contributed by atoms with E-state index in [0.29, 0.717) is 6.54 Å². The second-order valence-electron chi connectivity index (χ2n) is 4.94. The molecule has 0 saturated carbocycles. The second-order valence-corrected chi connectivity index (χ2v) is 4.94. The average Bonchev–Trinajstić information content (AvgIpc) is 2.60. The van der Waals surface area contributed by atoms with Gasteiger partial charge in [-0.1, -0.05) is 20.8 Å². The van der Waals surface area contributed by atoms with Crippen LogP contribution in [0.2, 0.25) is 0 Å². The monoisotopic (exact) mass is 211 g/mol. The van der Waals surface area contributed by atoms with E-state index in [1.807, 2.05) is 25.7 Å². The van der Waals surface area contributed by atoms with Crippen LogP contribution in [0.15, 0.2) is 0 Å². The van der Waals surface area contributed by atoms with E-state index in [-0.39, 0.29) is 23.0 Å². The van der Waals surface area contributed by atoms with Crippen molar-refractivity contribution in [3.8, 4) is 0 Å². The number of amides is 1. The van der Waals surface area contributed by atoms with Crippen molar-refractivity contribution in [2.45, 2.75) is 40.5 Å². The average molecular weight is 211 g/mol. The Balaban J connectivity index is 2.64. The minimum atomic E-state index is -0.302. The Morgan fingerprint density at radius 2 is 2.07 bits per heavy atom. The van der Waals surface area contributed by atoms with Crippen LogP contribution in [0.3, 0.4) is 0 Å². The van der Waals surface area contributed by atoms with Crippen molar-refractivity contribution >= 4 is 11.7 Å². The zero-order valence-corrected chi connectivity index (χ0v) is 10.2. The number of likely N-dealkylation sites (tertiary alicyclic amines) is 1. The lowest BCUT2D eigenvalue weighted by Gasteiger charge is -2.23. The van der Waals surface area contributed by atoms with Gasteiger partial charge in [0.2, 0.25) is 5.91 Å². The van der Waals surface area contributed by atoms with E-state index in [1.54, 1.807) is 6.92 Å². The van der Waals surface area contributed by atoms with Crippen molar-refractivity contribution in [2.24, 2.45) is 11.3 Å².